The van der Waals surface area contributed by atoms with Gasteiger partial charge in [0.25, 0.3) is 11.8 Å². The van der Waals surface area contributed by atoms with Crippen molar-refractivity contribution in [2.24, 2.45) is 0 Å². The predicted octanol–water partition coefficient (Wildman–Crippen LogP) is 3.54. The molecule has 0 unspecified atom stereocenters. The van der Waals surface area contributed by atoms with Crippen molar-refractivity contribution in [1.82, 2.24) is 15.2 Å². The SMILES string of the molecule is CC(C)(C)OC(=O)N1CCc2cc(-c3cnccc3C(=O)NCC(=O)N3CC(F)(F)C[C@H]3C#N)ccc21. The molecule has 3 heterocycles. The van der Waals surface area contributed by atoms with Crippen LogP contribution in [0.4, 0.5) is 19.3 Å². The van der Waals surface area contributed by atoms with Crippen LogP contribution < -0.4 is 10.2 Å². The Morgan fingerprint density at radius 2 is 2.03 bits per heavy atom. The van der Waals surface area contributed by atoms with Crippen molar-refractivity contribution < 1.29 is 27.9 Å². The molecule has 0 radical (unpaired) electrons. The van der Waals surface area contributed by atoms with E-state index in [1.165, 1.54) is 18.5 Å². The first kappa shape index (κ1) is 26.0. The molecule has 2 aromatic rings. The number of amides is 3. The minimum absolute atomic E-state index is 0.244. The molecule has 2 aliphatic rings. The first-order valence-corrected chi connectivity index (χ1v) is 11.8. The van der Waals surface area contributed by atoms with Crippen LogP contribution in [-0.2, 0) is 16.0 Å². The summed E-state index contributed by atoms with van der Waals surface area (Å²) in [5, 5.41) is 11.6. The Hall–Kier alpha value is -4.07. The Bertz CT molecular complexity index is 1280. The number of rotatable bonds is 4. The van der Waals surface area contributed by atoms with Crippen LogP contribution in [-0.4, -0.2) is 65.0 Å². The fraction of sp³-hybridized carbons (Fsp3) is 0.423. The summed E-state index contributed by atoms with van der Waals surface area (Å²) in [5.41, 5.74) is 2.46. The Kier molecular flexibility index (Phi) is 6.86. The van der Waals surface area contributed by atoms with Crippen LogP contribution in [0.5, 0.6) is 0 Å². The zero-order valence-electron chi connectivity index (χ0n) is 20.8. The molecule has 3 amide bonds. The summed E-state index contributed by atoms with van der Waals surface area (Å²) < 4.78 is 32.8. The molecule has 9 nitrogen and oxygen atoms in total. The largest absolute Gasteiger partial charge is 0.443 e. The van der Waals surface area contributed by atoms with E-state index in [2.05, 4.69) is 10.3 Å². The van der Waals surface area contributed by atoms with Crippen LogP contribution in [0, 0.1) is 11.3 Å². The van der Waals surface area contributed by atoms with Crippen molar-refractivity contribution in [3.05, 3.63) is 47.8 Å². The fourth-order valence-electron chi connectivity index (χ4n) is 4.45. The van der Waals surface area contributed by atoms with Crippen LogP contribution in [0.1, 0.15) is 43.1 Å². The molecular formula is C26H27F2N5O4. The number of ether oxygens (including phenoxy) is 1. The number of carbonyl (C=O) groups is 3. The third-order valence-electron chi connectivity index (χ3n) is 6.11. The van der Waals surface area contributed by atoms with Gasteiger partial charge in [0, 0.05) is 30.9 Å². The van der Waals surface area contributed by atoms with Gasteiger partial charge in [0.2, 0.25) is 5.91 Å². The van der Waals surface area contributed by atoms with Crippen molar-refractivity contribution in [1.29, 1.82) is 5.26 Å². The van der Waals surface area contributed by atoms with E-state index in [0.717, 1.165) is 16.2 Å². The number of alkyl halides is 2. The second-order valence-electron chi connectivity index (χ2n) is 10.1. The molecule has 11 heteroatoms. The van der Waals surface area contributed by atoms with Crippen molar-refractivity contribution in [3.8, 4) is 17.2 Å². The van der Waals surface area contributed by atoms with Crippen LogP contribution in [0.15, 0.2) is 36.7 Å². The number of benzene rings is 1. The highest BCUT2D eigenvalue weighted by atomic mass is 19.3. The van der Waals surface area contributed by atoms with E-state index in [-0.39, 0.29) is 5.56 Å². The van der Waals surface area contributed by atoms with Crippen molar-refractivity contribution in [3.63, 3.8) is 0 Å². The third-order valence-corrected chi connectivity index (χ3v) is 6.11. The molecule has 194 valence electrons. The lowest BCUT2D eigenvalue weighted by molar-refractivity contribution is -0.131. The molecule has 4 rings (SSSR count). The van der Waals surface area contributed by atoms with Crippen LogP contribution in [0.25, 0.3) is 11.1 Å². The van der Waals surface area contributed by atoms with Gasteiger partial charge in [0.1, 0.15) is 11.6 Å². The third kappa shape index (κ3) is 5.69. The lowest BCUT2D eigenvalue weighted by atomic mass is 9.98. The smallest absolute Gasteiger partial charge is 0.414 e. The van der Waals surface area contributed by atoms with E-state index in [4.69, 9.17) is 10.00 Å². The van der Waals surface area contributed by atoms with E-state index in [1.807, 2.05) is 6.07 Å². The molecule has 1 aromatic heterocycles. The van der Waals surface area contributed by atoms with Gasteiger partial charge in [-0.15, -0.1) is 0 Å². The first-order chi connectivity index (χ1) is 17.4. The van der Waals surface area contributed by atoms with Crippen LogP contribution >= 0.6 is 0 Å². The molecule has 0 spiro atoms. The molecule has 1 N–H and O–H groups in total. The number of nitrogens with one attached hydrogen (secondary N) is 1. The number of likely N-dealkylation sites (tertiary alicyclic amines) is 1. The van der Waals surface area contributed by atoms with Gasteiger partial charge >= 0.3 is 6.09 Å². The number of nitriles is 1. The summed E-state index contributed by atoms with van der Waals surface area (Å²) in [7, 11) is 0. The van der Waals surface area contributed by atoms with Gasteiger partial charge in [-0.2, -0.15) is 5.26 Å². The zero-order valence-corrected chi connectivity index (χ0v) is 20.8. The number of anilines is 1. The van der Waals surface area contributed by atoms with E-state index in [1.54, 1.807) is 43.9 Å². The average molecular weight is 512 g/mol. The number of hydrogen-bond acceptors (Lipinski definition) is 6. The van der Waals surface area contributed by atoms with Crippen molar-refractivity contribution in [2.45, 2.75) is 51.2 Å². The summed E-state index contributed by atoms with van der Waals surface area (Å²) >= 11 is 0. The number of fused-ring (bicyclic) bond motifs is 1. The minimum Gasteiger partial charge on any atom is -0.443 e. The van der Waals surface area contributed by atoms with Crippen molar-refractivity contribution >= 4 is 23.6 Å². The van der Waals surface area contributed by atoms with Gasteiger partial charge in [0.05, 0.1) is 30.4 Å². The van der Waals surface area contributed by atoms with Crippen LogP contribution in [0.3, 0.4) is 0 Å². The summed E-state index contributed by atoms with van der Waals surface area (Å²) in [6, 6.07) is 7.41. The molecule has 0 bridgehead atoms. The highest BCUT2D eigenvalue weighted by Crippen LogP contribution is 2.34. The molecule has 0 saturated carbocycles. The standard InChI is InChI=1S/C26H27F2N5O4/c1-25(2,3)37-24(36)32-9-7-17-10-16(4-5-21(17)32)20-13-30-8-6-19(20)23(35)31-14-22(34)33-15-26(27,28)11-18(33)12-29/h4-6,8,10,13,18H,7,9,11,14-15H2,1-3H3,(H,31,35)/t18-/m0/s1. The molecule has 1 atom stereocenters. The maximum absolute atomic E-state index is 13.7. The van der Waals surface area contributed by atoms with Gasteiger partial charge in [-0.05, 0) is 56.5 Å². The fourth-order valence-corrected chi connectivity index (χ4v) is 4.45. The van der Waals surface area contributed by atoms with Gasteiger partial charge < -0.3 is 15.0 Å². The van der Waals surface area contributed by atoms with Gasteiger partial charge in [-0.3, -0.25) is 19.5 Å². The Labute approximate surface area is 213 Å². The summed E-state index contributed by atoms with van der Waals surface area (Å²) in [5.74, 6) is -4.47. The number of nitrogens with zero attached hydrogens (tertiary/aromatic N) is 4. The van der Waals surface area contributed by atoms with Gasteiger partial charge in [-0.1, -0.05) is 6.07 Å². The number of aromatic nitrogens is 1. The Balaban J connectivity index is 1.49. The molecule has 2 aliphatic heterocycles. The number of hydrogen-bond donors (Lipinski definition) is 1. The van der Waals surface area contributed by atoms with E-state index in [9.17, 15) is 23.2 Å². The second-order valence-corrected chi connectivity index (χ2v) is 10.1. The molecular weight excluding hydrogens is 484 g/mol. The van der Waals surface area contributed by atoms with Crippen LogP contribution in [0.2, 0.25) is 0 Å². The van der Waals surface area contributed by atoms with Crippen molar-refractivity contribution in [2.75, 3.05) is 24.5 Å². The predicted molar refractivity (Wildman–Crippen MR) is 130 cm³/mol. The second kappa shape index (κ2) is 9.76. The van der Waals surface area contributed by atoms with E-state index in [0.29, 0.717) is 24.1 Å². The number of carbonyl (C=O) groups excluding carboxylic acids is 3. The quantitative estimate of drug-likeness (QED) is 0.672. The lowest BCUT2D eigenvalue weighted by Crippen LogP contribution is -2.43. The topological polar surface area (TPSA) is 116 Å². The molecule has 0 aliphatic carbocycles. The Morgan fingerprint density at radius 3 is 2.73 bits per heavy atom. The first-order valence-electron chi connectivity index (χ1n) is 11.8. The minimum atomic E-state index is -3.13. The summed E-state index contributed by atoms with van der Waals surface area (Å²) in [4.78, 5) is 44.5. The molecule has 1 saturated heterocycles. The maximum Gasteiger partial charge on any atom is 0.414 e. The zero-order chi connectivity index (χ0) is 27.0. The molecule has 1 fully saturated rings. The summed E-state index contributed by atoms with van der Waals surface area (Å²) in [6.07, 6.45) is 2.41. The van der Waals surface area contributed by atoms with E-state index < -0.39 is 55.0 Å². The maximum atomic E-state index is 13.7. The summed E-state index contributed by atoms with van der Waals surface area (Å²) in [6.45, 7) is 4.50. The Morgan fingerprint density at radius 1 is 1.27 bits per heavy atom. The van der Waals surface area contributed by atoms with E-state index >= 15 is 0 Å². The number of halogens is 2. The van der Waals surface area contributed by atoms with Gasteiger partial charge in [-0.25, -0.2) is 13.6 Å². The highest BCUT2D eigenvalue weighted by Gasteiger charge is 2.47. The molecule has 1 aromatic carbocycles. The normalized spacial score (nSPS) is 18.2. The molecule has 37 heavy (non-hydrogen) atoms. The lowest BCUT2D eigenvalue weighted by Gasteiger charge is -2.24. The van der Waals surface area contributed by atoms with Gasteiger partial charge in [0.15, 0.2) is 0 Å². The highest BCUT2D eigenvalue weighted by molar-refractivity contribution is 6.02. The number of pyridine rings is 1. The average Bonchev–Trinajstić information content (AvgIpc) is 3.40. The monoisotopic (exact) mass is 511 g/mol.